The van der Waals surface area contributed by atoms with Crippen LogP contribution in [-0.2, 0) is 9.59 Å². The van der Waals surface area contributed by atoms with E-state index < -0.39 is 23.9 Å². The number of nitrogens with zero attached hydrogens (tertiary/aromatic N) is 2. The monoisotopic (exact) mass is 468 g/mol. The van der Waals surface area contributed by atoms with Crippen LogP contribution >= 0.6 is 0 Å². The van der Waals surface area contributed by atoms with Crippen molar-refractivity contribution in [3.05, 3.63) is 54.3 Å². The summed E-state index contributed by atoms with van der Waals surface area (Å²) >= 11 is 0. The van der Waals surface area contributed by atoms with Gasteiger partial charge in [-0.1, -0.05) is 0 Å². The van der Waals surface area contributed by atoms with Crippen molar-refractivity contribution >= 4 is 23.2 Å². The van der Waals surface area contributed by atoms with Crippen molar-refractivity contribution < 1.29 is 31.9 Å². The molecule has 1 aliphatic rings. The van der Waals surface area contributed by atoms with Gasteiger partial charge in [-0.2, -0.15) is 0 Å². The maximum absolute atomic E-state index is 13.0. The number of anilines is 2. The summed E-state index contributed by atoms with van der Waals surface area (Å²) in [6.07, 6.45) is -4.15. The van der Waals surface area contributed by atoms with E-state index >= 15 is 0 Å². The Kier molecular flexibility index (Phi) is 8.10. The van der Waals surface area contributed by atoms with Gasteiger partial charge in [0.1, 0.15) is 11.6 Å². The van der Waals surface area contributed by atoms with Gasteiger partial charge in [-0.3, -0.25) is 14.5 Å². The highest BCUT2D eigenvalue weighted by molar-refractivity contribution is 6.39. The van der Waals surface area contributed by atoms with E-state index in [-0.39, 0.29) is 11.5 Å². The molecule has 1 heterocycles. The van der Waals surface area contributed by atoms with Crippen LogP contribution in [0, 0.1) is 5.82 Å². The maximum atomic E-state index is 13.0. The Balaban J connectivity index is 1.32. The second-order valence-corrected chi connectivity index (χ2v) is 7.44. The Morgan fingerprint density at radius 3 is 2.15 bits per heavy atom. The Morgan fingerprint density at radius 1 is 0.909 bits per heavy atom. The highest BCUT2D eigenvalue weighted by Crippen LogP contribution is 2.24. The molecule has 3 rings (SSSR count). The standard InChI is InChI=1S/C22H24F4N4O3/c23-16-2-6-18(7-3-16)30-14-12-29(13-15-30)11-1-10-27-20(31)21(32)28-17-4-8-19(9-5-17)33-22(24,25)26/h2-9H,1,10-15H2,(H,27,31)(H,28,32). The first-order chi connectivity index (χ1) is 15.7. The Bertz CT molecular complexity index is 928. The number of rotatable bonds is 7. The summed E-state index contributed by atoms with van der Waals surface area (Å²) < 4.78 is 53.3. The maximum Gasteiger partial charge on any atom is 0.573 e. The second-order valence-electron chi connectivity index (χ2n) is 7.44. The summed E-state index contributed by atoms with van der Waals surface area (Å²) in [5, 5.41) is 4.85. The van der Waals surface area contributed by atoms with Crippen LogP contribution in [0.4, 0.5) is 28.9 Å². The van der Waals surface area contributed by atoms with E-state index in [1.54, 1.807) is 12.1 Å². The molecule has 1 aliphatic heterocycles. The number of ether oxygens (including phenoxy) is 1. The Labute approximate surface area is 188 Å². The van der Waals surface area contributed by atoms with Crippen molar-refractivity contribution in [1.82, 2.24) is 10.2 Å². The van der Waals surface area contributed by atoms with Crippen molar-refractivity contribution in [2.24, 2.45) is 0 Å². The van der Waals surface area contributed by atoms with Gasteiger partial charge in [-0.15, -0.1) is 13.2 Å². The molecule has 2 aromatic rings. The smallest absolute Gasteiger partial charge is 0.406 e. The van der Waals surface area contributed by atoms with Crippen LogP contribution in [0.2, 0.25) is 0 Å². The molecule has 33 heavy (non-hydrogen) atoms. The fourth-order valence-electron chi connectivity index (χ4n) is 3.39. The molecule has 0 spiro atoms. The average Bonchev–Trinajstić information content (AvgIpc) is 2.78. The van der Waals surface area contributed by atoms with Crippen LogP contribution in [0.1, 0.15) is 6.42 Å². The van der Waals surface area contributed by atoms with Gasteiger partial charge in [0.05, 0.1) is 0 Å². The predicted octanol–water partition coefficient (Wildman–Crippen LogP) is 2.99. The molecule has 2 aromatic carbocycles. The fourth-order valence-corrected chi connectivity index (χ4v) is 3.39. The van der Waals surface area contributed by atoms with Gasteiger partial charge in [0.15, 0.2) is 0 Å². The number of piperazine rings is 1. The topological polar surface area (TPSA) is 73.9 Å². The van der Waals surface area contributed by atoms with E-state index in [4.69, 9.17) is 0 Å². The number of alkyl halides is 3. The number of hydrogen-bond donors (Lipinski definition) is 2. The summed E-state index contributed by atoms with van der Waals surface area (Å²) in [4.78, 5) is 28.3. The molecule has 7 nitrogen and oxygen atoms in total. The minimum Gasteiger partial charge on any atom is -0.406 e. The van der Waals surface area contributed by atoms with Crippen molar-refractivity contribution in [3.8, 4) is 5.75 Å². The van der Waals surface area contributed by atoms with Gasteiger partial charge in [0.25, 0.3) is 0 Å². The molecule has 0 bridgehead atoms. The zero-order valence-corrected chi connectivity index (χ0v) is 17.7. The van der Waals surface area contributed by atoms with Crippen molar-refractivity contribution in [3.63, 3.8) is 0 Å². The van der Waals surface area contributed by atoms with Gasteiger partial charge >= 0.3 is 18.2 Å². The molecular formula is C22H24F4N4O3. The van der Waals surface area contributed by atoms with Gasteiger partial charge < -0.3 is 20.3 Å². The van der Waals surface area contributed by atoms with E-state index in [0.717, 1.165) is 50.5 Å². The summed E-state index contributed by atoms with van der Waals surface area (Å²) in [6, 6.07) is 10.9. The first-order valence-electron chi connectivity index (χ1n) is 10.4. The first kappa shape index (κ1) is 24.3. The van der Waals surface area contributed by atoms with Crippen LogP contribution in [0.5, 0.6) is 5.75 Å². The number of nitrogens with one attached hydrogen (secondary N) is 2. The number of carbonyl (C=O) groups excluding carboxylic acids is 2. The molecule has 1 fully saturated rings. The van der Waals surface area contributed by atoms with Gasteiger partial charge in [-0.25, -0.2) is 4.39 Å². The average molecular weight is 468 g/mol. The third-order valence-corrected chi connectivity index (χ3v) is 5.05. The van der Waals surface area contributed by atoms with Crippen LogP contribution < -0.4 is 20.3 Å². The van der Waals surface area contributed by atoms with Gasteiger partial charge in [-0.05, 0) is 61.5 Å². The molecule has 0 aromatic heterocycles. The zero-order chi connectivity index (χ0) is 23.8. The van der Waals surface area contributed by atoms with E-state index in [1.807, 2.05) is 0 Å². The first-order valence-corrected chi connectivity index (χ1v) is 10.4. The lowest BCUT2D eigenvalue weighted by Crippen LogP contribution is -2.47. The van der Waals surface area contributed by atoms with Crippen molar-refractivity contribution in [1.29, 1.82) is 0 Å². The fraction of sp³-hybridized carbons (Fsp3) is 0.364. The van der Waals surface area contributed by atoms with Crippen LogP contribution in [0.25, 0.3) is 0 Å². The quantitative estimate of drug-likeness (QED) is 0.371. The van der Waals surface area contributed by atoms with Gasteiger partial charge in [0.2, 0.25) is 0 Å². The number of amides is 2. The normalized spacial score (nSPS) is 14.6. The Hall–Kier alpha value is -3.34. The number of halogens is 4. The molecule has 1 saturated heterocycles. The molecule has 0 aliphatic carbocycles. The predicted molar refractivity (Wildman–Crippen MR) is 114 cm³/mol. The third kappa shape index (κ3) is 7.94. The zero-order valence-electron chi connectivity index (χ0n) is 17.7. The van der Waals surface area contributed by atoms with E-state index in [1.165, 1.54) is 24.3 Å². The van der Waals surface area contributed by atoms with Crippen LogP contribution in [0.15, 0.2) is 48.5 Å². The lowest BCUT2D eigenvalue weighted by Gasteiger charge is -2.36. The highest BCUT2D eigenvalue weighted by atomic mass is 19.4. The number of carbonyl (C=O) groups is 2. The van der Waals surface area contributed by atoms with Crippen LogP contribution in [-0.4, -0.2) is 62.3 Å². The van der Waals surface area contributed by atoms with E-state index in [0.29, 0.717) is 13.0 Å². The summed E-state index contributed by atoms with van der Waals surface area (Å²) in [7, 11) is 0. The lowest BCUT2D eigenvalue weighted by atomic mass is 10.2. The molecule has 11 heteroatoms. The van der Waals surface area contributed by atoms with E-state index in [2.05, 4.69) is 25.2 Å². The molecule has 2 N–H and O–H groups in total. The van der Waals surface area contributed by atoms with E-state index in [9.17, 15) is 27.2 Å². The van der Waals surface area contributed by atoms with Gasteiger partial charge in [0, 0.05) is 44.1 Å². The molecule has 0 saturated carbocycles. The Morgan fingerprint density at radius 2 is 1.55 bits per heavy atom. The third-order valence-electron chi connectivity index (χ3n) is 5.05. The molecule has 2 amide bonds. The summed E-state index contributed by atoms with van der Waals surface area (Å²) in [5.41, 5.74) is 1.15. The SMILES string of the molecule is O=C(NCCCN1CCN(c2ccc(F)cc2)CC1)C(=O)Nc1ccc(OC(F)(F)F)cc1. The number of hydrogen-bond acceptors (Lipinski definition) is 5. The molecular weight excluding hydrogens is 444 g/mol. The second kappa shape index (κ2) is 11.0. The molecule has 0 unspecified atom stereocenters. The highest BCUT2D eigenvalue weighted by Gasteiger charge is 2.31. The van der Waals surface area contributed by atoms with Crippen LogP contribution in [0.3, 0.4) is 0 Å². The van der Waals surface area contributed by atoms with Crippen molar-refractivity contribution in [2.75, 3.05) is 49.5 Å². The lowest BCUT2D eigenvalue weighted by molar-refractivity contribution is -0.274. The number of benzene rings is 2. The largest absolute Gasteiger partial charge is 0.573 e. The minimum atomic E-state index is -4.80. The summed E-state index contributed by atoms with van der Waals surface area (Å²) in [5.74, 6) is -2.43. The molecule has 0 radical (unpaired) electrons. The minimum absolute atomic E-state index is 0.170. The van der Waals surface area contributed by atoms with Crippen molar-refractivity contribution in [2.45, 2.75) is 12.8 Å². The molecule has 0 atom stereocenters. The molecule has 178 valence electrons. The summed E-state index contributed by atoms with van der Waals surface area (Å²) in [6.45, 7) is 4.35.